The van der Waals surface area contributed by atoms with E-state index in [4.69, 9.17) is 4.74 Å². The van der Waals surface area contributed by atoms with Crippen molar-refractivity contribution in [3.63, 3.8) is 0 Å². The molecule has 224 valence electrons. The van der Waals surface area contributed by atoms with Crippen LogP contribution in [0, 0.1) is 6.92 Å². The number of nitrogens with zero attached hydrogens (tertiary/aromatic N) is 2. The first-order chi connectivity index (χ1) is 20.2. The average molecular weight is 592 g/mol. The Morgan fingerprint density at radius 1 is 0.952 bits per heavy atom. The Balaban J connectivity index is 1.63. The minimum absolute atomic E-state index is 0.0437. The monoisotopic (exact) mass is 591 g/mol. The molecular formula is C33H41N3O5S. The molecule has 1 fully saturated rings. The molecule has 0 radical (unpaired) electrons. The Bertz CT molecular complexity index is 1420. The number of benzene rings is 3. The van der Waals surface area contributed by atoms with Gasteiger partial charge in [-0.1, -0.05) is 60.9 Å². The van der Waals surface area contributed by atoms with E-state index in [2.05, 4.69) is 5.32 Å². The van der Waals surface area contributed by atoms with Crippen molar-refractivity contribution in [2.45, 2.75) is 69.9 Å². The van der Waals surface area contributed by atoms with Gasteiger partial charge in [-0.3, -0.25) is 13.9 Å². The molecule has 9 heteroatoms. The predicted octanol–water partition coefficient (Wildman–Crippen LogP) is 5.11. The first-order valence-corrected chi connectivity index (χ1v) is 16.1. The summed E-state index contributed by atoms with van der Waals surface area (Å²) < 4.78 is 34.6. The van der Waals surface area contributed by atoms with Crippen LogP contribution in [0.3, 0.4) is 0 Å². The third-order valence-corrected chi connectivity index (χ3v) is 9.46. The van der Waals surface area contributed by atoms with Crippen LogP contribution in [0.2, 0.25) is 0 Å². The number of hydrogen-bond acceptors (Lipinski definition) is 5. The van der Waals surface area contributed by atoms with E-state index < -0.39 is 28.5 Å². The molecule has 1 saturated carbocycles. The van der Waals surface area contributed by atoms with Gasteiger partial charge < -0.3 is 15.0 Å². The highest BCUT2D eigenvalue weighted by Gasteiger charge is 2.33. The SMILES string of the molecule is CCOc1ccc(S(=O)(=O)N(CC(=O)N(CCc2ccccc2)C(C)C(=O)NC2CCCC2)c2ccc(C)cc2)cc1. The van der Waals surface area contributed by atoms with Crippen molar-refractivity contribution in [3.05, 3.63) is 90.0 Å². The molecule has 0 saturated heterocycles. The lowest BCUT2D eigenvalue weighted by molar-refractivity contribution is -0.139. The first kappa shape index (κ1) is 31.1. The molecule has 8 nitrogen and oxygen atoms in total. The number of nitrogens with one attached hydrogen (secondary N) is 1. The fourth-order valence-corrected chi connectivity index (χ4v) is 6.62. The van der Waals surface area contributed by atoms with E-state index in [0.29, 0.717) is 24.5 Å². The summed E-state index contributed by atoms with van der Waals surface area (Å²) in [7, 11) is -4.13. The Labute approximate surface area is 249 Å². The predicted molar refractivity (Wildman–Crippen MR) is 165 cm³/mol. The lowest BCUT2D eigenvalue weighted by atomic mass is 10.1. The van der Waals surface area contributed by atoms with E-state index in [-0.39, 0.29) is 23.4 Å². The first-order valence-electron chi connectivity index (χ1n) is 14.6. The molecule has 0 bridgehead atoms. The smallest absolute Gasteiger partial charge is 0.264 e. The summed E-state index contributed by atoms with van der Waals surface area (Å²) in [4.78, 5) is 28.9. The van der Waals surface area contributed by atoms with Gasteiger partial charge in [-0.15, -0.1) is 0 Å². The van der Waals surface area contributed by atoms with E-state index in [1.165, 1.54) is 17.0 Å². The van der Waals surface area contributed by atoms with Gasteiger partial charge in [0.15, 0.2) is 0 Å². The van der Waals surface area contributed by atoms with Gasteiger partial charge in [0.2, 0.25) is 11.8 Å². The minimum atomic E-state index is -4.13. The Morgan fingerprint density at radius 2 is 1.60 bits per heavy atom. The molecule has 0 heterocycles. The molecule has 3 aromatic carbocycles. The highest BCUT2D eigenvalue weighted by atomic mass is 32.2. The standard InChI is InChI=1S/C33H41N3O5S/c1-4-41-30-18-20-31(21-19-30)42(39,40)36(29-16-14-25(2)15-17-29)24-32(37)35(23-22-27-10-6-5-7-11-27)26(3)33(38)34-28-12-8-9-13-28/h5-7,10-11,14-21,26,28H,4,8-9,12-13,22-24H2,1-3H3,(H,34,38). The summed E-state index contributed by atoms with van der Waals surface area (Å²) in [6.45, 7) is 5.76. The molecule has 0 spiro atoms. The summed E-state index contributed by atoms with van der Waals surface area (Å²) in [5.74, 6) is -0.113. The lowest BCUT2D eigenvalue weighted by Crippen LogP contribution is -2.53. The van der Waals surface area contributed by atoms with Crippen LogP contribution in [0.15, 0.2) is 83.8 Å². The van der Waals surface area contributed by atoms with Crippen molar-refractivity contribution < 1.29 is 22.7 Å². The van der Waals surface area contributed by atoms with E-state index in [0.717, 1.165) is 41.1 Å². The Kier molecular flexibility index (Phi) is 10.6. The van der Waals surface area contributed by atoms with Gasteiger partial charge >= 0.3 is 0 Å². The van der Waals surface area contributed by atoms with Crippen molar-refractivity contribution >= 4 is 27.5 Å². The Hall–Kier alpha value is -3.85. The highest BCUT2D eigenvalue weighted by Crippen LogP contribution is 2.26. The second-order valence-corrected chi connectivity index (χ2v) is 12.6. The summed E-state index contributed by atoms with van der Waals surface area (Å²) in [6, 6.07) is 22.3. The van der Waals surface area contributed by atoms with Crippen molar-refractivity contribution in [3.8, 4) is 5.75 Å². The van der Waals surface area contributed by atoms with Crippen LogP contribution in [0.1, 0.15) is 50.7 Å². The molecule has 0 aliphatic heterocycles. The van der Waals surface area contributed by atoms with Gasteiger partial charge in [-0.25, -0.2) is 8.42 Å². The van der Waals surface area contributed by atoms with E-state index in [9.17, 15) is 18.0 Å². The number of rotatable bonds is 13. The fourth-order valence-electron chi connectivity index (χ4n) is 5.20. The normalized spacial score (nSPS) is 14.3. The second kappa shape index (κ2) is 14.4. The number of hydrogen-bond donors (Lipinski definition) is 1. The van der Waals surface area contributed by atoms with Crippen LogP contribution >= 0.6 is 0 Å². The molecule has 1 unspecified atom stereocenters. The number of carbonyl (C=O) groups is 2. The topological polar surface area (TPSA) is 96.0 Å². The molecule has 42 heavy (non-hydrogen) atoms. The molecule has 1 aliphatic carbocycles. The van der Waals surface area contributed by atoms with Crippen molar-refractivity contribution in [1.29, 1.82) is 0 Å². The van der Waals surface area contributed by atoms with Gasteiger partial charge in [0.1, 0.15) is 18.3 Å². The van der Waals surface area contributed by atoms with Gasteiger partial charge in [0, 0.05) is 12.6 Å². The van der Waals surface area contributed by atoms with Crippen molar-refractivity contribution in [1.82, 2.24) is 10.2 Å². The summed E-state index contributed by atoms with van der Waals surface area (Å²) in [5, 5.41) is 3.10. The zero-order valence-corrected chi connectivity index (χ0v) is 25.5. The summed E-state index contributed by atoms with van der Waals surface area (Å²) in [6.07, 6.45) is 4.54. The maximum absolute atomic E-state index is 14.0. The van der Waals surface area contributed by atoms with E-state index in [1.54, 1.807) is 31.2 Å². The second-order valence-electron chi connectivity index (χ2n) is 10.7. The third-order valence-electron chi connectivity index (χ3n) is 7.68. The average Bonchev–Trinajstić information content (AvgIpc) is 3.50. The maximum Gasteiger partial charge on any atom is 0.264 e. The van der Waals surface area contributed by atoms with Gasteiger partial charge in [0.05, 0.1) is 17.2 Å². The number of carbonyl (C=O) groups excluding carboxylic acids is 2. The van der Waals surface area contributed by atoms with Gasteiger partial charge in [-0.05, 0) is 82.0 Å². The summed E-state index contributed by atoms with van der Waals surface area (Å²) in [5.41, 5.74) is 2.36. The molecule has 1 aliphatic rings. The minimum Gasteiger partial charge on any atom is -0.494 e. The molecule has 4 rings (SSSR count). The van der Waals surface area contributed by atoms with Crippen LogP contribution in [-0.4, -0.2) is 56.9 Å². The fraction of sp³-hybridized carbons (Fsp3) is 0.394. The van der Waals surface area contributed by atoms with Crippen LogP contribution in [0.4, 0.5) is 5.69 Å². The lowest BCUT2D eigenvalue weighted by Gasteiger charge is -2.32. The molecule has 1 N–H and O–H groups in total. The Morgan fingerprint density at radius 3 is 2.21 bits per heavy atom. The van der Waals surface area contributed by atoms with Crippen LogP contribution in [-0.2, 0) is 26.0 Å². The highest BCUT2D eigenvalue weighted by molar-refractivity contribution is 7.92. The number of ether oxygens (including phenoxy) is 1. The third kappa shape index (κ3) is 7.91. The van der Waals surface area contributed by atoms with Crippen molar-refractivity contribution in [2.24, 2.45) is 0 Å². The number of anilines is 1. The van der Waals surface area contributed by atoms with Gasteiger partial charge in [0.25, 0.3) is 10.0 Å². The van der Waals surface area contributed by atoms with Gasteiger partial charge in [-0.2, -0.15) is 0 Å². The number of amides is 2. The van der Waals surface area contributed by atoms with Crippen LogP contribution < -0.4 is 14.4 Å². The van der Waals surface area contributed by atoms with Crippen LogP contribution in [0.25, 0.3) is 0 Å². The summed E-state index contributed by atoms with van der Waals surface area (Å²) >= 11 is 0. The van der Waals surface area contributed by atoms with E-state index >= 15 is 0 Å². The largest absolute Gasteiger partial charge is 0.494 e. The number of aryl methyl sites for hydroxylation is 1. The quantitative estimate of drug-likeness (QED) is 0.298. The molecule has 0 aromatic heterocycles. The molecular weight excluding hydrogens is 550 g/mol. The number of sulfonamides is 1. The van der Waals surface area contributed by atoms with Crippen LogP contribution in [0.5, 0.6) is 5.75 Å². The molecule has 1 atom stereocenters. The molecule has 3 aromatic rings. The van der Waals surface area contributed by atoms with E-state index in [1.807, 2.05) is 56.3 Å². The zero-order chi connectivity index (χ0) is 30.1. The van der Waals surface area contributed by atoms with Crippen molar-refractivity contribution in [2.75, 3.05) is 24.0 Å². The zero-order valence-electron chi connectivity index (χ0n) is 24.7. The molecule has 2 amide bonds. The maximum atomic E-state index is 14.0.